The Bertz CT molecular complexity index is 493. The van der Waals surface area contributed by atoms with Crippen LogP contribution in [0.15, 0.2) is 24.8 Å². The van der Waals surface area contributed by atoms with Gasteiger partial charge >= 0.3 is 0 Å². The van der Waals surface area contributed by atoms with Crippen LogP contribution in [-0.4, -0.2) is 20.1 Å². The Kier molecular flexibility index (Phi) is 2.70. The van der Waals surface area contributed by atoms with E-state index in [1.807, 2.05) is 10.6 Å². The van der Waals surface area contributed by atoms with Gasteiger partial charge in [-0.15, -0.1) is 0 Å². The maximum absolute atomic E-state index is 4.18. The maximum Gasteiger partial charge on any atom is 0.156 e. The van der Waals surface area contributed by atoms with E-state index in [4.69, 9.17) is 0 Å². The number of fused-ring (bicyclic) bond motifs is 1. The van der Waals surface area contributed by atoms with Crippen LogP contribution >= 0.6 is 12.6 Å². The Labute approximate surface area is 87.6 Å². The van der Waals surface area contributed by atoms with Gasteiger partial charge in [0.25, 0.3) is 0 Å². The topological polar surface area (TPSA) is 30.2 Å². The van der Waals surface area contributed by atoms with Crippen molar-refractivity contribution in [2.75, 3.05) is 5.75 Å². The second-order valence-electron chi connectivity index (χ2n) is 2.72. The van der Waals surface area contributed by atoms with Gasteiger partial charge in [0.2, 0.25) is 0 Å². The van der Waals surface area contributed by atoms with Crippen molar-refractivity contribution in [3.63, 3.8) is 0 Å². The van der Waals surface area contributed by atoms with Gasteiger partial charge in [-0.2, -0.15) is 12.6 Å². The number of hydrogen-bond acceptors (Lipinski definition) is 3. The SMILES string of the molecule is SCCC#Cc1cnc2cnccn12. The van der Waals surface area contributed by atoms with Crippen molar-refractivity contribution in [2.45, 2.75) is 6.42 Å². The summed E-state index contributed by atoms with van der Waals surface area (Å²) in [6.45, 7) is 0. The van der Waals surface area contributed by atoms with E-state index in [2.05, 4.69) is 34.4 Å². The molecule has 0 spiro atoms. The number of nitrogens with zero attached hydrogens (tertiary/aromatic N) is 3. The predicted molar refractivity (Wildman–Crippen MR) is 58.3 cm³/mol. The van der Waals surface area contributed by atoms with Crippen LogP contribution in [0, 0.1) is 11.8 Å². The number of aromatic nitrogens is 3. The molecule has 4 heteroatoms. The fourth-order valence-corrected chi connectivity index (χ4v) is 1.26. The second-order valence-corrected chi connectivity index (χ2v) is 3.17. The van der Waals surface area contributed by atoms with Gasteiger partial charge in [0.15, 0.2) is 5.65 Å². The summed E-state index contributed by atoms with van der Waals surface area (Å²) in [5, 5.41) is 0. The minimum absolute atomic E-state index is 0.783. The van der Waals surface area contributed by atoms with Crippen molar-refractivity contribution in [3.8, 4) is 11.8 Å². The number of hydrogen-bond donors (Lipinski definition) is 1. The Hall–Kier alpha value is -1.47. The van der Waals surface area contributed by atoms with Gasteiger partial charge < -0.3 is 0 Å². The minimum Gasteiger partial charge on any atom is -0.290 e. The Balaban J connectivity index is 2.40. The molecule has 0 aliphatic carbocycles. The normalized spacial score (nSPS) is 9.79. The van der Waals surface area contributed by atoms with Crippen LogP contribution in [0.5, 0.6) is 0 Å². The number of thiol groups is 1. The smallest absolute Gasteiger partial charge is 0.156 e. The second kappa shape index (κ2) is 4.16. The van der Waals surface area contributed by atoms with Gasteiger partial charge in [0, 0.05) is 24.6 Å². The average molecular weight is 203 g/mol. The molecule has 0 aliphatic heterocycles. The van der Waals surface area contributed by atoms with Crippen LogP contribution in [0.25, 0.3) is 5.65 Å². The first-order valence-corrected chi connectivity index (χ1v) is 4.92. The van der Waals surface area contributed by atoms with Gasteiger partial charge in [-0.25, -0.2) is 4.98 Å². The van der Waals surface area contributed by atoms with Crippen molar-refractivity contribution in [1.82, 2.24) is 14.4 Å². The molecule has 70 valence electrons. The van der Waals surface area contributed by atoms with Gasteiger partial charge in [-0.3, -0.25) is 9.38 Å². The predicted octanol–water partition coefficient (Wildman–Crippen LogP) is 1.40. The fourth-order valence-electron chi connectivity index (χ4n) is 1.14. The van der Waals surface area contributed by atoms with Crippen molar-refractivity contribution in [2.24, 2.45) is 0 Å². The lowest BCUT2D eigenvalue weighted by molar-refractivity contribution is 1.11. The van der Waals surface area contributed by atoms with E-state index in [-0.39, 0.29) is 0 Å². The van der Waals surface area contributed by atoms with Crippen LogP contribution < -0.4 is 0 Å². The quantitative estimate of drug-likeness (QED) is 0.561. The lowest BCUT2D eigenvalue weighted by atomic mass is 10.4. The summed E-state index contributed by atoms with van der Waals surface area (Å²) >= 11 is 4.09. The molecule has 0 saturated carbocycles. The lowest BCUT2D eigenvalue weighted by Crippen LogP contribution is -1.87. The first-order valence-electron chi connectivity index (χ1n) is 4.28. The van der Waals surface area contributed by atoms with E-state index in [0.717, 1.165) is 23.5 Å². The van der Waals surface area contributed by atoms with Crippen LogP contribution in [0.4, 0.5) is 0 Å². The van der Waals surface area contributed by atoms with Crippen molar-refractivity contribution >= 4 is 18.3 Å². The molecule has 2 aromatic heterocycles. The molecule has 0 aliphatic rings. The fraction of sp³-hybridized carbons (Fsp3) is 0.200. The van der Waals surface area contributed by atoms with Crippen LogP contribution in [0.2, 0.25) is 0 Å². The molecule has 0 saturated heterocycles. The highest BCUT2D eigenvalue weighted by molar-refractivity contribution is 7.80. The molecule has 0 bridgehead atoms. The van der Waals surface area contributed by atoms with E-state index in [1.165, 1.54) is 0 Å². The molecule has 0 fully saturated rings. The zero-order chi connectivity index (χ0) is 9.80. The number of imidazole rings is 1. The molecule has 0 atom stereocenters. The molecule has 2 aromatic rings. The van der Waals surface area contributed by atoms with E-state index in [1.54, 1.807) is 18.6 Å². The van der Waals surface area contributed by atoms with Gasteiger partial charge in [-0.1, -0.05) is 5.92 Å². The maximum atomic E-state index is 4.18. The average Bonchev–Trinajstić information content (AvgIpc) is 2.63. The van der Waals surface area contributed by atoms with E-state index >= 15 is 0 Å². The van der Waals surface area contributed by atoms with E-state index < -0.39 is 0 Å². The summed E-state index contributed by atoms with van der Waals surface area (Å²) in [7, 11) is 0. The first kappa shape index (κ1) is 9.10. The first-order chi connectivity index (χ1) is 6.92. The molecule has 0 amide bonds. The summed E-state index contributed by atoms with van der Waals surface area (Å²) in [5.41, 5.74) is 1.71. The van der Waals surface area contributed by atoms with Crippen LogP contribution in [0.3, 0.4) is 0 Å². The molecule has 2 heterocycles. The third kappa shape index (κ3) is 1.73. The number of rotatable bonds is 1. The monoisotopic (exact) mass is 203 g/mol. The standard InChI is InChI=1S/C10H9N3S/c14-6-2-1-3-9-7-12-10-8-11-4-5-13(9)10/h4-5,7-8,14H,2,6H2. The Morgan fingerprint density at radius 3 is 3.21 bits per heavy atom. The van der Waals surface area contributed by atoms with E-state index in [9.17, 15) is 0 Å². The molecule has 3 nitrogen and oxygen atoms in total. The molecule has 0 unspecified atom stereocenters. The van der Waals surface area contributed by atoms with Gasteiger partial charge in [0.1, 0.15) is 5.69 Å². The zero-order valence-electron chi connectivity index (χ0n) is 7.51. The highest BCUT2D eigenvalue weighted by atomic mass is 32.1. The lowest BCUT2D eigenvalue weighted by Gasteiger charge is -1.91. The molecular formula is C10H9N3S. The Morgan fingerprint density at radius 2 is 2.36 bits per heavy atom. The minimum atomic E-state index is 0.783. The van der Waals surface area contributed by atoms with Crippen molar-refractivity contribution in [3.05, 3.63) is 30.5 Å². The molecule has 0 N–H and O–H groups in total. The third-order valence-corrected chi connectivity index (χ3v) is 1.99. The summed E-state index contributed by atoms with van der Waals surface area (Å²) in [6.07, 6.45) is 7.83. The Morgan fingerprint density at radius 1 is 1.43 bits per heavy atom. The summed E-state index contributed by atoms with van der Waals surface area (Å²) < 4.78 is 1.92. The molecule has 0 radical (unpaired) electrons. The zero-order valence-corrected chi connectivity index (χ0v) is 8.41. The highest BCUT2D eigenvalue weighted by Gasteiger charge is 1.97. The van der Waals surface area contributed by atoms with Crippen molar-refractivity contribution in [1.29, 1.82) is 0 Å². The molecule has 14 heavy (non-hydrogen) atoms. The largest absolute Gasteiger partial charge is 0.290 e. The third-order valence-electron chi connectivity index (χ3n) is 1.77. The van der Waals surface area contributed by atoms with E-state index in [0.29, 0.717) is 0 Å². The van der Waals surface area contributed by atoms with Crippen LogP contribution in [-0.2, 0) is 0 Å². The highest BCUT2D eigenvalue weighted by Crippen LogP contribution is 2.02. The molecular weight excluding hydrogens is 194 g/mol. The molecule has 0 aromatic carbocycles. The van der Waals surface area contributed by atoms with Crippen molar-refractivity contribution < 1.29 is 0 Å². The summed E-state index contributed by atoms with van der Waals surface area (Å²) in [6, 6.07) is 0. The van der Waals surface area contributed by atoms with Crippen LogP contribution in [0.1, 0.15) is 12.1 Å². The summed E-state index contributed by atoms with van der Waals surface area (Å²) in [5.74, 6) is 6.85. The molecule has 2 rings (SSSR count). The van der Waals surface area contributed by atoms with Gasteiger partial charge in [-0.05, 0) is 5.92 Å². The van der Waals surface area contributed by atoms with Gasteiger partial charge in [0.05, 0.1) is 12.4 Å². The summed E-state index contributed by atoms with van der Waals surface area (Å²) in [4.78, 5) is 8.16.